The topological polar surface area (TPSA) is 315 Å². The Morgan fingerprint density at radius 2 is 0.395 bits per heavy atom. The molecule has 0 saturated heterocycles. The van der Waals surface area contributed by atoms with Crippen molar-refractivity contribution in [1.82, 2.24) is 29.9 Å². The zero-order chi connectivity index (χ0) is 53.4. The third-order valence-electron chi connectivity index (χ3n) is 12.8. The van der Waals surface area contributed by atoms with Crippen molar-refractivity contribution in [1.29, 1.82) is 52.6 Å². The number of hydrogen-bond donors (Lipinski definition) is 0. The summed E-state index contributed by atoms with van der Waals surface area (Å²) in [7, 11) is 0. The predicted molar refractivity (Wildman–Crippen MR) is 275 cm³/mol. The van der Waals surface area contributed by atoms with E-state index in [2.05, 4.69) is 36.4 Å². The number of benzene rings is 7. The van der Waals surface area contributed by atoms with Crippen LogP contribution in [0, 0.1) is 127 Å². The highest BCUT2D eigenvalue weighted by Crippen LogP contribution is 2.43. The van der Waals surface area contributed by atoms with E-state index in [0.29, 0.717) is 55.6 Å². The minimum atomic E-state index is 0.0348. The maximum atomic E-state index is 10.2. The Kier molecular flexibility index (Phi) is 11.8. The van der Waals surface area contributed by atoms with Crippen molar-refractivity contribution in [2.24, 2.45) is 0 Å². The van der Waals surface area contributed by atoms with E-state index in [1.165, 1.54) is 48.5 Å². The highest BCUT2D eigenvalue weighted by atomic mass is 14.9. The second-order valence-corrected chi connectivity index (χ2v) is 17.1. The van der Waals surface area contributed by atoms with Gasteiger partial charge in [-0.3, -0.25) is 0 Å². The summed E-state index contributed by atoms with van der Waals surface area (Å²) in [6, 6.07) is 49.7. The highest BCUT2D eigenvalue weighted by molar-refractivity contribution is 6.20. The third-order valence-corrected chi connectivity index (χ3v) is 12.8. The van der Waals surface area contributed by atoms with Gasteiger partial charge < -0.3 is 0 Å². The molecule has 7 aromatic carbocycles. The van der Waals surface area contributed by atoms with Gasteiger partial charge in [0.1, 0.15) is 81.7 Å². The van der Waals surface area contributed by atoms with Crippen molar-refractivity contribution in [2.75, 3.05) is 0 Å². The standard InChI is InChI=1S/C60H24N16/c1-31-3-5-33(15-43(31)25-65)49-51(35-7-11-39(21-61)45(17-35)27-67)73-57-55(71-49)59-60(76-54(38-10-14-42(24-64)48(20-38)30-70)53(75-59)37-9-13-41(23-63)47(19-37)29-69)56-58(57)74-52(36-8-12-40(22-62)46(18-36)28-68)50(72-56)34-6-4-32(2)44(16-34)26-66/h3-20H,1-2H3. The summed E-state index contributed by atoms with van der Waals surface area (Å²) in [5.74, 6) is 0. The summed E-state index contributed by atoms with van der Waals surface area (Å²) in [6.07, 6.45) is 0. The van der Waals surface area contributed by atoms with Crippen molar-refractivity contribution in [3.63, 3.8) is 0 Å². The maximum absolute atomic E-state index is 10.2. The number of fused-ring (bicyclic) bond motifs is 6. The molecule has 0 saturated carbocycles. The quantitative estimate of drug-likeness (QED) is 0.140. The summed E-state index contributed by atoms with van der Waals surface area (Å²) in [5, 5.41) is 101. The van der Waals surface area contributed by atoms with E-state index in [9.17, 15) is 52.6 Å². The van der Waals surface area contributed by atoms with Crippen LogP contribution in [0.15, 0.2) is 109 Å². The minimum absolute atomic E-state index is 0.0348. The van der Waals surface area contributed by atoms with Crippen LogP contribution in [0.1, 0.15) is 66.8 Å². The first-order chi connectivity index (χ1) is 37.0. The molecule has 3 aromatic heterocycles. The van der Waals surface area contributed by atoms with Crippen LogP contribution in [0.4, 0.5) is 0 Å². The lowest BCUT2D eigenvalue weighted by atomic mass is 9.96. The Bertz CT molecular complexity index is 4430. The summed E-state index contributed by atoms with van der Waals surface area (Å²) in [4.78, 5) is 32.0. The fourth-order valence-electron chi connectivity index (χ4n) is 8.81. The van der Waals surface area contributed by atoms with Crippen LogP contribution in [-0.4, -0.2) is 29.9 Å². The van der Waals surface area contributed by atoms with E-state index >= 15 is 0 Å². The van der Waals surface area contributed by atoms with E-state index in [1.54, 1.807) is 74.5 Å². The summed E-state index contributed by atoms with van der Waals surface area (Å²) < 4.78 is 0. The molecule has 0 aliphatic rings. The summed E-state index contributed by atoms with van der Waals surface area (Å²) in [5.41, 5.74) is 6.71. The lowest BCUT2D eigenvalue weighted by Gasteiger charge is -2.18. The van der Waals surface area contributed by atoms with Gasteiger partial charge in [0.15, 0.2) is 0 Å². The highest BCUT2D eigenvalue weighted by Gasteiger charge is 2.27. The molecule has 0 bridgehead atoms. The monoisotopic (exact) mass is 968 g/mol. The predicted octanol–water partition coefficient (Wildman–Crippen LogP) is 10.9. The molecule has 16 nitrogen and oxygen atoms in total. The number of rotatable bonds is 6. The molecule has 0 spiro atoms. The Balaban J connectivity index is 1.47. The molecule has 0 radical (unpaired) electrons. The molecule has 76 heavy (non-hydrogen) atoms. The Hall–Kier alpha value is -12.5. The number of nitriles is 10. The fourth-order valence-corrected chi connectivity index (χ4v) is 8.81. The van der Waals surface area contributed by atoms with E-state index in [-0.39, 0.29) is 112 Å². The van der Waals surface area contributed by atoms with Gasteiger partial charge in [-0.2, -0.15) is 52.6 Å². The first-order valence-electron chi connectivity index (χ1n) is 22.6. The van der Waals surface area contributed by atoms with Gasteiger partial charge in [-0.05, 0) is 85.6 Å². The minimum Gasteiger partial charge on any atom is -0.241 e. The molecule has 10 rings (SSSR count). The largest absolute Gasteiger partial charge is 0.241 e. The van der Waals surface area contributed by atoms with Gasteiger partial charge in [-0.1, -0.05) is 48.5 Å². The molecular weight excluding hydrogens is 945 g/mol. The first-order valence-corrected chi connectivity index (χ1v) is 22.6. The molecule has 16 heteroatoms. The van der Waals surface area contributed by atoms with Crippen LogP contribution in [0.25, 0.3) is 101 Å². The fraction of sp³-hybridized carbons (Fsp3) is 0.0333. The molecule has 0 aliphatic carbocycles. The Morgan fingerprint density at radius 1 is 0.224 bits per heavy atom. The molecule has 344 valence electrons. The SMILES string of the molecule is Cc1ccc(-c2nc3c(nc2-c2ccc(C#N)c(C#N)c2)c2nc(-c4ccc(C#N)c(C#N)c4)c(-c4ccc(C)c(C#N)c4)nc2c2nc(-c4ccc(C#N)c(C#N)c4)c(-c4ccc(C#N)c(C#N)c4)nc32)cc1C#N. The molecule has 0 amide bonds. The van der Waals surface area contributed by atoms with Crippen molar-refractivity contribution in [3.8, 4) is 128 Å². The van der Waals surface area contributed by atoms with Crippen molar-refractivity contribution in [2.45, 2.75) is 13.8 Å². The second kappa shape index (κ2) is 19.0. The normalized spacial score (nSPS) is 10.4. The third kappa shape index (κ3) is 7.82. The summed E-state index contributed by atoms with van der Waals surface area (Å²) in [6.45, 7) is 3.57. The molecule has 0 fully saturated rings. The molecular formula is C60H24N16. The molecule has 10 aromatic rings. The number of nitrogens with zero attached hydrogens (tertiary/aromatic N) is 16. The van der Waals surface area contributed by atoms with Gasteiger partial charge in [0.2, 0.25) is 0 Å². The average molecular weight is 969 g/mol. The summed E-state index contributed by atoms with van der Waals surface area (Å²) >= 11 is 0. The lowest BCUT2D eigenvalue weighted by Crippen LogP contribution is -2.05. The van der Waals surface area contributed by atoms with Crippen molar-refractivity contribution >= 4 is 33.1 Å². The van der Waals surface area contributed by atoms with Gasteiger partial charge in [-0.25, -0.2) is 29.9 Å². The zero-order valence-corrected chi connectivity index (χ0v) is 39.5. The van der Waals surface area contributed by atoms with Crippen LogP contribution < -0.4 is 0 Å². The van der Waals surface area contributed by atoms with Crippen LogP contribution in [0.5, 0.6) is 0 Å². The van der Waals surface area contributed by atoms with E-state index in [1.807, 2.05) is 24.3 Å². The number of hydrogen-bond acceptors (Lipinski definition) is 16. The molecule has 0 atom stereocenters. The molecule has 0 aliphatic heterocycles. The van der Waals surface area contributed by atoms with E-state index < -0.39 is 0 Å². The van der Waals surface area contributed by atoms with Crippen LogP contribution in [0.2, 0.25) is 0 Å². The maximum Gasteiger partial charge on any atom is 0.120 e. The van der Waals surface area contributed by atoms with Crippen LogP contribution in [-0.2, 0) is 0 Å². The molecule has 0 N–H and O–H groups in total. The number of aryl methyl sites for hydroxylation is 2. The van der Waals surface area contributed by atoms with Crippen molar-refractivity contribution in [3.05, 3.63) is 176 Å². The van der Waals surface area contributed by atoms with Gasteiger partial charge in [0.05, 0.1) is 102 Å². The van der Waals surface area contributed by atoms with Crippen LogP contribution in [0.3, 0.4) is 0 Å². The Morgan fingerprint density at radius 3 is 0.579 bits per heavy atom. The molecule has 3 heterocycles. The van der Waals surface area contributed by atoms with Crippen LogP contribution >= 0.6 is 0 Å². The Labute approximate surface area is 431 Å². The zero-order valence-electron chi connectivity index (χ0n) is 39.5. The van der Waals surface area contributed by atoms with Gasteiger partial charge >= 0.3 is 0 Å². The first kappa shape index (κ1) is 47.2. The van der Waals surface area contributed by atoms with Gasteiger partial charge in [0, 0.05) is 33.4 Å². The average Bonchev–Trinajstić information content (AvgIpc) is 3.48. The molecule has 0 unspecified atom stereocenters. The van der Waals surface area contributed by atoms with Crippen molar-refractivity contribution < 1.29 is 0 Å². The van der Waals surface area contributed by atoms with E-state index in [0.717, 1.165) is 0 Å². The van der Waals surface area contributed by atoms with E-state index in [4.69, 9.17) is 29.9 Å². The lowest BCUT2D eigenvalue weighted by molar-refractivity contribution is 1.24. The smallest absolute Gasteiger partial charge is 0.120 e. The van der Waals surface area contributed by atoms with Gasteiger partial charge in [-0.15, -0.1) is 0 Å². The number of aromatic nitrogens is 6. The second-order valence-electron chi connectivity index (χ2n) is 17.1. The van der Waals surface area contributed by atoms with Gasteiger partial charge in [0.25, 0.3) is 0 Å².